The second kappa shape index (κ2) is 5.82. The number of hydrogen-bond donors (Lipinski definition) is 1. The van der Waals surface area contributed by atoms with Crippen molar-refractivity contribution >= 4 is 32.4 Å². The molecule has 106 valence electrons. The summed E-state index contributed by atoms with van der Waals surface area (Å²) in [7, 11) is 0. The number of rotatable bonds is 3. The Hall–Kier alpha value is -1.94. The van der Waals surface area contributed by atoms with Crippen LogP contribution in [0.15, 0.2) is 59.1 Å². The fourth-order valence-corrected chi connectivity index (χ4v) is 2.64. The molecule has 0 aliphatic rings. The van der Waals surface area contributed by atoms with Crippen molar-refractivity contribution in [2.75, 3.05) is 5.32 Å². The van der Waals surface area contributed by atoms with Gasteiger partial charge in [0, 0.05) is 12.6 Å². The molecule has 0 unspecified atom stereocenters. The standard InChI is InChI=1S/C17H12BrF2N/c18-14-8-17(16(20)9-15(14)19)21-10-12-6-3-5-11-4-1-2-7-13(11)12/h1-9,21H,10H2. The third-order valence-corrected chi connectivity index (χ3v) is 3.97. The first-order valence-electron chi connectivity index (χ1n) is 6.50. The van der Waals surface area contributed by atoms with Gasteiger partial charge in [0.1, 0.15) is 11.6 Å². The third kappa shape index (κ3) is 2.90. The fraction of sp³-hybridized carbons (Fsp3) is 0.0588. The van der Waals surface area contributed by atoms with E-state index < -0.39 is 11.6 Å². The number of nitrogens with one attached hydrogen (secondary N) is 1. The highest BCUT2D eigenvalue weighted by atomic mass is 79.9. The zero-order valence-electron chi connectivity index (χ0n) is 11.0. The van der Waals surface area contributed by atoms with E-state index in [1.807, 2.05) is 42.5 Å². The van der Waals surface area contributed by atoms with Crippen molar-refractivity contribution in [3.63, 3.8) is 0 Å². The lowest BCUT2D eigenvalue weighted by atomic mass is 10.0. The topological polar surface area (TPSA) is 12.0 Å². The van der Waals surface area contributed by atoms with Crippen molar-refractivity contribution in [2.45, 2.75) is 6.54 Å². The summed E-state index contributed by atoms with van der Waals surface area (Å²) in [5, 5.41) is 5.27. The van der Waals surface area contributed by atoms with E-state index in [9.17, 15) is 8.78 Å². The molecule has 4 heteroatoms. The number of hydrogen-bond acceptors (Lipinski definition) is 1. The van der Waals surface area contributed by atoms with Crippen molar-refractivity contribution < 1.29 is 8.78 Å². The molecular formula is C17H12BrF2N. The average Bonchev–Trinajstić information content (AvgIpc) is 2.49. The fourth-order valence-electron chi connectivity index (χ4n) is 2.30. The number of halogens is 3. The van der Waals surface area contributed by atoms with Crippen LogP contribution in [0.4, 0.5) is 14.5 Å². The maximum atomic E-state index is 13.7. The van der Waals surface area contributed by atoms with Gasteiger partial charge in [0.05, 0.1) is 10.2 Å². The predicted molar refractivity (Wildman–Crippen MR) is 85.3 cm³/mol. The molecule has 0 saturated heterocycles. The van der Waals surface area contributed by atoms with E-state index in [0.29, 0.717) is 6.54 Å². The normalized spacial score (nSPS) is 10.8. The maximum Gasteiger partial charge on any atom is 0.149 e. The van der Waals surface area contributed by atoms with Crippen LogP contribution in [0.5, 0.6) is 0 Å². The highest BCUT2D eigenvalue weighted by Gasteiger charge is 2.08. The van der Waals surface area contributed by atoms with Gasteiger partial charge in [0.25, 0.3) is 0 Å². The van der Waals surface area contributed by atoms with Gasteiger partial charge in [-0.15, -0.1) is 0 Å². The van der Waals surface area contributed by atoms with Crippen LogP contribution >= 0.6 is 15.9 Å². The van der Waals surface area contributed by atoms with Crippen LogP contribution in [0.1, 0.15) is 5.56 Å². The molecule has 1 nitrogen and oxygen atoms in total. The zero-order valence-corrected chi connectivity index (χ0v) is 12.6. The molecule has 0 aromatic heterocycles. The van der Waals surface area contributed by atoms with E-state index in [0.717, 1.165) is 22.4 Å². The maximum absolute atomic E-state index is 13.7. The second-order valence-electron chi connectivity index (χ2n) is 4.74. The number of fused-ring (bicyclic) bond motifs is 1. The van der Waals surface area contributed by atoms with Gasteiger partial charge in [-0.3, -0.25) is 0 Å². The van der Waals surface area contributed by atoms with E-state index in [1.54, 1.807) is 0 Å². The monoisotopic (exact) mass is 347 g/mol. The lowest BCUT2D eigenvalue weighted by Gasteiger charge is -2.11. The quantitative estimate of drug-likeness (QED) is 0.617. The first-order valence-corrected chi connectivity index (χ1v) is 7.29. The Morgan fingerprint density at radius 1 is 0.905 bits per heavy atom. The third-order valence-electron chi connectivity index (χ3n) is 3.36. The Labute approximate surface area is 129 Å². The molecule has 0 aliphatic carbocycles. The first kappa shape index (κ1) is 14.0. The van der Waals surface area contributed by atoms with E-state index in [2.05, 4.69) is 21.2 Å². The minimum atomic E-state index is -0.608. The summed E-state index contributed by atoms with van der Waals surface area (Å²) in [4.78, 5) is 0. The summed E-state index contributed by atoms with van der Waals surface area (Å²) in [6.45, 7) is 0.469. The van der Waals surface area contributed by atoms with Crippen LogP contribution in [0.3, 0.4) is 0 Å². The number of benzene rings is 3. The lowest BCUT2D eigenvalue weighted by Crippen LogP contribution is -2.02. The van der Waals surface area contributed by atoms with E-state index in [-0.39, 0.29) is 10.2 Å². The van der Waals surface area contributed by atoms with Gasteiger partial charge in [-0.1, -0.05) is 42.5 Å². The molecule has 1 N–H and O–H groups in total. The van der Waals surface area contributed by atoms with Crippen LogP contribution in [0.25, 0.3) is 10.8 Å². The molecule has 3 aromatic carbocycles. The van der Waals surface area contributed by atoms with E-state index in [1.165, 1.54) is 6.07 Å². The van der Waals surface area contributed by atoms with Crippen LogP contribution in [0.2, 0.25) is 0 Å². The molecule has 0 spiro atoms. The Kier molecular flexibility index (Phi) is 3.88. The summed E-state index contributed by atoms with van der Waals surface area (Å²) in [5.41, 5.74) is 1.34. The molecule has 0 bridgehead atoms. The summed E-state index contributed by atoms with van der Waals surface area (Å²) in [6.07, 6.45) is 0. The van der Waals surface area contributed by atoms with Gasteiger partial charge < -0.3 is 5.32 Å². The predicted octanol–water partition coefficient (Wildman–Crippen LogP) is 5.49. The van der Waals surface area contributed by atoms with Gasteiger partial charge in [0.2, 0.25) is 0 Å². The molecule has 3 rings (SSSR count). The number of anilines is 1. The summed E-state index contributed by atoms with van der Waals surface area (Å²) >= 11 is 3.06. The molecule has 0 aliphatic heterocycles. The van der Waals surface area contributed by atoms with Gasteiger partial charge >= 0.3 is 0 Å². The zero-order chi connectivity index (χ0) is 14.8. The Bertz CT molecular complexity index is 797. The molecule has 0 fully saturated rings. The van der Waals surface area contributed by atoms with E-state index in [4.69, 9.17) is 0 Å². The summed E-state index contributed by atoms with van der Waals surface area (Å²) in [6, 6.07) is 16.3. The molecule has 0 amide bonds. The summed E-state index contributed by atoms with van der Waals surface area (Å²) < 4.78 is 27.2. The molecule has 0 saturated carbocycles. The van der Waals surface area contributed by atoms with Crippen LogP contribution in [-0.4, -0.2) is 0 Å². The second-order valence-corrected chi connectivity index (χ2v) is 5.59. The minimum Gasteiger partial charge on any atom is -0.379 e. The van der Waals surface area contributed by atoms with Crippen molar-refractivity contribution in [1.29, 1.82) is 0 Å². The average molecular weight is 348 g/mol. The molecule has 0 heterocycles. The molecule has 21 heavy (non-hydrogen) atoms. The summed E-state index contributed by atoms with van der Waals surface area (Å²) in [5.74, 6) is -1.21. The van der Waals surface area contributed by atoms with Gasteiger partial charge in [-0.2, -0.15) is 0 Å². The highest BCUT2D eigenvalue weighted by Crippen LogP contribution is 2.25. The van der Waals surface area contributed by atoms with Gasteiger partial charge in [-0.25, -0.2) is 8.78 Å². The Morgan fingerprint density at radius 2 is 1.67 bits per heavy atom. The Morgan fingerprint density at radius 3 is 2.52 bits per heavy atom. The van der Waals surface area contributed by atoms with Crippen molar-refractivity contribution in [3.8, 4) is 0 Å². The minimum absolute atomic E-state index is 0.240. The lowest BCUT2D eigenvalue weighted by molar-refractivity contribution is 0.580. The smallest absolute Gasteiger partial charge is 0.149 e. The SMILES string of the molecule is Fc1cc(F)c(NCc2cccc3ccccc23)cc1Br. The van der Waals surface area contributed by atoms with Crippen molar-refractivity contribution in [1.82, 2.24) is 0 Å². The molecule has 0 radical (unpaired) electrons. The largest absolute Gasteiger partial charge is 0.379 e. The van der Waals surface area contributed by atoms with E-state index >= 15 is 0 Å². The van der Waals surface area contributed by atoms with Crippen molar-refractivity contribution in [3.05, 3.63) is 76.3 Å². The van der Waals surface area contributed by atoms with Crippen LogP contribution in [-0.2, 0) is 6.54 Å². The van der Waals surface area contributed by atoms with Crippen molar-refractivity contribution in [2.24, 2.45) is 0 Å². The van der Waals surface area contributed by atoms with Crippen LogP contribution in [0, 0.1) is 11.6 Å². The molecular weight excluding hydrogens is 336 g/mol. The highest BCUT2D eigenvalue weighted by molar-refractivity contribution is 9.10. The van der Waals surface area contributed by atoms with Gasteiger partial charge in [-0.05, 0) is 38.3 Å². The van der Waals surface area contributed by atoms with Crippen LogP contribution < -0.4 is 5.32 Å². The Balaban J connectivity index is 1.89. The van der Waals surface area contributed by atoms with Gasteiger partial charge in [0.15, 0.2) is 0 Å². The molecule has 3 aromatic rings. The first-order chi connectivity index (χ1) is 10.1. The molecule has 0 atom stereocenters.